The van der Waals surface area contributed by atoms with E-state index in [9.17, 15) is 0 Å². The van der Waals surface area contributed by atoms with E-state index < -0.39 is 0 Å². The number of hydrogen-bond donors (Lipinski definition) is 1. The van der Waals surface area contributed by atoms with Crippen LogP contribution in [-0.4, -0.2) is 4.98 Å². The summed E-state index contributed by atoms with van der Waals surface area (Å²) < 4.78 is 0. The van der Waals surface area contributed by atoms with E-state index in [2.05, 4.69) is 4.98 Å². The van der Waals surface area contributed by atoms with Gasteiger partial charge in [0.2, 0.25) is 0 Å². The molecule has 0 unspecified atom stereocenters. The van der Waals surface area contributed by atoms with Crippen LogP contribution in [0.15, 0.2) is 30.5 Å². The molecule has 0 atom stereocenters. The van der Waals surface area contributed by atoms with Gasteiger partial charge in [-0.15, -0.1) is 11.3 Å². The van der Waals surface area contributed by atoms with Gasteiger partial charge in [0, 0.05) is 28.2 Å². The number of nitrogens with zero attached hydrogens (tertiary/aromatic N) is 1. The second-order valence-electron chi connectivity index (χ2n) is 2.85. The van der Waals surface area contributed by atoms with Crippen LogP contribution in [0, 0.1) is 0 Å². The van der Waals surface area contributed by atoms with E-state index in [4.69, 9.17) is 17.3 Å². The average molecular weight is 225 g/mol. The Balaban J connectivity index is 2.39. The molecule has 0 spiro atoms. The van der Waals surface area contributed by atoms with Gasteiger partial charge in [-0.3, -0.25) is 0 Å². The number of rotatable bonds is 2. The van der Waals surface area contributed by atoms with E-state index in [1.807, 2.05) is 24.3 Å². The monoisotopic (exact) mass is 224 g/mol. The molecule has 1 heterocycles. The van der Waals surface area contributed by atoms with Crippen molar-refractivity contribution in [3.63, 3.8) is 0 Å². The maximum absolute atomic E-state index is 5.89. The molecule has 0 saturated heterocycles. The van der Waals surface area contributed by atoms with Gasteiger partial charge < -0.3 is 5.73 Å². The van der Waals surface area contributed by atoms with Crippen LogP contribution in [0.1, 0.15) is 4.88 Å². The maximum atomic E-state index is 5.89. The Kier molecular flexibility index (Phi) is 2.82. The van der Waals surface area contributed by atoms with Crippen LogP contribution < -0.4 is 5.73 Å². The lowest BCUT2D eigenvalue weighted by molar-refractivity contribution is 1.10. The van der Waals surface area contributed by atoms with Crippen molar-refractivity contribution in [1.82, 2.24) is 4.98 Å². The fourth-order valence-electron chi connectivity index (χ4n) is 1.16. The maximum Gasteiger partial charge on any atom is 0.123 e. The molecule has 2 aromatic rings. The number of aromatic nitrogens is 1. The summed E-state index contributed by atoms with van der Waals surface area (Å²) in [7, 11) is 0. The normalized spacial score (nSPS) is 10.4. The molecule has 0 fully saturated rings. The van der Waals surface area contributed by atoms with Crippen molar-refractivity contribution < 1.29 is 0 Å². The van der Waals surface area contributed by atoms with Gasteiger partial charge in [0.1, 0.15) is 5.01 Å². The molecule has 0 saturated carbocycles. The molecule has 0 aliphatic carbocycles. The summed E-state index contributed by atoms with van der Waals surface area (Å²) in [5.74, 6) is 0. The zero-order valence-corrected chi connectivity index (χ0v) is 8.98. The Morgan fingerprint density at radius 1 is 1.43 bits per heavy atom. The first-order valence-corrected chi connectivity index (χ1v) is 5.40. The topological polar surface area (TPSA) is 38.9 Å². The summed E-state index contributed by atoms with van der Waals surface area (Å²) in [6.07, 6.45) is 1.81. The smallest absolute Gasteiger partial charge is 0.123 e. The second-order valence-corrected chi connectivity index (χ2v) is 4.40. The lowest BCUT2D eigenvalue weighted by Gasteiger charge is -1.95. The molecule has 0 amide bonds. The third kappa shape index (κ3) is 1.95. The predicted octanol–water partition coefficient (Wildman–Crippen LogP) is 2.92. The highest BCUT2D eigenvalue weighted by atomic mass is 35.5. The molecule has 4 heteroatoms. The molecule has 72 valence electrons. The van der Waals surface area contributed by atoms with Crippen LogP contribution in [0.3, 0.4) is 0 Å². The van der Waals surface area contributed by atoms with E-state index in [0.29, 0.717) is 6.54 Å². The zero-order valence-electron chi connectivity index (χ0n) is 7.40. The number of thiazole rings is 1. The molecule has 0 bridgehead atoms. The van der Waals surface area contributed by atoms with E-state index in [1.165, 1.54) is 0 Å². The number of hydrogen-bond acceptors (Lipinski definition) is 3. The summed E-state index contributed by atoms with van der Waals surface area (Å²) in [5, 5.41) is 1.69. The Morgan fingerprint density at radius 2 is 2.29 bits per heavy atom. The van der Waals surface area contributed by atoms with Crippen molar-refractivity contribution in [2.24, 2.45) is 5.73 Å². The molecule has 0 aliphatic rings. The third-order valence-electron chi connectivity index (χ3n) is 1.83. The number of halogens is 1. The molecule has 2 nitrogen and oxygen atoms in total. The molecule has 14 heavy (non-hydrogen) atoms. The summed E-state index contributed by atoms with van der Waals surface area (Å²) in [6, 6.07) is 7.66. The largest absolute Gasteiger partial charge is 0.326 e. The van der Waals surface area contributed by atoms with Crippen LogP contribution in [0.4, 0.5) is 0 Å². The fourth-order valence-corrected chi connectivity index (χ4v) is 2.13. The molecular weight excluding hydrogens is 216 g/mol. The number of benzene rings is 1. The fraction of sp³-hybridized carbons (Fsp3) is 0.100. The van der Waals surface area contributed by atoms with E-state index >= 15 is 0 Å². The minimum Gasteiger partial charge on any atom is -0.326 e. The van der Waals surface area contributed by atoms with Gasteiger partial charge in [0.05, 0.1) is 0 Å². The van der Waals surface area contributed by atoms with Gasteiger partial charge in [-0.25, -0.2) is 4.98 Å². The lowest BCUT2D eigenvalue weighted by Crippen LogP contribution is -1.91. The van der Waals surface area contributed by atoms with Crippen molar-refractivity contribution in [3.8, 4) is 10.6 Å². The summed E-state index contributed by atoms with van der Waals surface area (Å²) in [5.41, 5.74) is 6.56. The van der Waals surface area contributed by atoms with Crippen LogP contribution in [0.5, 0.6) is 0 Å². The molecule has 2 rings (SSSR count). The molecule has 0 radical (unpaired) electrons. The van der Waals surface area contributed by atoms with Gasteiger partial charge in [-0.05, 0) is 12.1 Å². The Morgan fingerprint density at radius 3 is 2.93 bits per heavy atom. The minimum atomic E-state index is 0.540. The second kappa shape index (κ2) is 4.09. The minimum absolute atomic E-state index is 0.540. The number of nitrogens with two attached hydrogens (primary N) is 1. The first kappa shape index (κ1) is 9.65. The SMILES string of the molecule is NCc1cnc(-c2cccc(Cl)c2)s1. The van der Waals surface area contributed by atoms with E-state index in [1.54, 1.807) is 17.5 Å². The molecule has 1 aromatic carbocycles. The molecular formula is C10H9ClN2S. The standard InChI is InChI=1S/C10H9ClN2S/c11-8-3-1-2-7(4-8)10-13-6-9(5-12)14-10/h1-4,6H,5,12H2. The lowest BCUT2D eigenvalue weighted by atomic mass is 10.2. The Hall–Kier alpha value is -0.900. The molecule has 0 aliphatic heterocycles. The van der Waals surface area contributed by atoms with E-state index in [0.717, 1.165) is 20.5 Å². The van der Waals surface area contributed by atoms with Crippen molar-refractivity contribution in [3.05, 3.63) is 40.4 Å². The Bertz CT molecular complexity index is 439. The summed E-state index contributed by atoms with van der Waals surface area (Å²) >= 11 is 7.49. The Labute approximate surface area is 91.4 Å². The van der Waals surface area contributed by atoms with Gasteiger partial charge >= 0.3 is 0 Å². The van der Waals surface area contributed by atoms with Crippen molar-refractivity contribution in [1.29, 1.82) is 0 Å². The van der Waals surface area contributed by atoms with E-state index in [-0.39, 0.29) is 0 Å². The third-order valence-corrected chi connectivity index (χ3v) is 3.13. The first-order chi connectivity index (χ1) is 6.79. The average Bonchev–Trinajstić information content (AvgIpc) is 2.66. The first-order valence-electron chi connectivity index (χ1n) is 4.20. The van der Waals surface area contributed by atoms with Crippen molar-refractivity contribution >= 4 is 22.9 Å². The highest BCUT2D eigenvalue weighted by Crippen LogP contribution is 2.26. The highest BCUT2D eigenvalue weighted by Gasteiger charge is 2.03. The quantitative estimate of drug-likeness (QED) is 0.852. The van der Waals surface area contributed by atoms with Crippen LogP contribution >= 0.6 is 22.9 Å². The highest BCUT2D eigenvalue weighted by molar-refractivity contribution is 7.15. The predicted molar refractivity (Wildman–Crippen MR) is 60.5 cm³/mol. The van der Waals surface area contributed by atoms with Crippen molar-refractivity contribution in [2.45, 2.75) is 6.54 Å². The summed E-state index contributed by atoms with van der Waals surface area (Å²) in [4.78, 5) is 5.36. The van der Waals surface area contributed by atoms with Gasteiger partial charge in [-0.1, -0.05) is 23.7 Å². The molecule has 1 aromatic heterocycles. The van der Waals surface area contributed by atoms with Gasteiger partial charge in [-0.2, -0.15) is 0 Å². The van der Waals surface area contributed by atoms with Gasteiger partial charge in [0.25, 0.3) is 0 Å². The zero-order chi connectivity index (χ0) is 9.97. The molecule has 2 N–H and O–H groups in total. The van der Waals surface area contributed by atoms with Crippen LogP contribution in [0.25, 0.3) is 10.6 Å². The van der Waals surface area contributed by atoms with Crippen LogP contribution in [-0.2, 0) is 6.54 Å². The van der Waals surface area contributed by atoms with Crippen LogP contribution in [0.2, 0.25) is 5.02 Å². The summed E-state index contributed by atoms with van der Waals surface area (Å²) in [6.45, 7) is 0.540. The van der Waals surface area contributed by atoms with Crippen molar-refractivity contribution in [2.75, 3.05) is 0 Å². The van der Waals surface area contributed by atoms with Gasteiger partial charge in [0.15, 0.2) is 0 Å².